The molecule has 1 aliphatic rings. The van der Waals surface area contributed by atoms with Crippen LogP contribution in [0.5, 0.6) is 5.75 Å². The number of methoxy groups -OCH3 is 1. The SMILES string of the molecule is COc1cccc(NCc2nnc(S[C@H](C)c3nnc(-c4cccs4)o3)n2C2CCCCC2)c1. The topological polar surface area (TPSA) is 90.9 Å². The van der Waals surface area contributed by atoms with E-state index in [1.807, 2.05) is 41.8 Å². The first kappa shape index (κ1) is 22.9. The quantitative estimate of drug-likeness (QED) is 0.267. The van der Waals surface area contributed by atoms with Gasteiger partial charge in [-0.05, 0) is 43.3 Å². The summed E-state index contributed by atoms with van der Waals surface area (Å²) in [5, 5.41) is 24.0. The van der Waals surface area contributed by atoms with E-state index in [2.05, 4.69) is 37.2 Å². The molecule has 34 heavy (non-hydrogen) atoms. The van der Waals surface area contributed by atoms with E-state index in [-0.39, 0.29) is 5.25 Å². The molecule has 1 saturated carbocycles. The number of nitrogens with zero attached hydrogens (tertiary/aromatic N) is 5. The van der Waals surface area contributed by atoms with Crippen LogP contribution in [0, 0.1) is 0 Å². The molecule has 8 nitrogen and oxygen atoms in total. The lowest BCUT2D eigenvalue weighted by atomic mass is 9.95. The summed E-state index contributed by atoms with van der Waals surface area (Å²) < 4.78 is 13.6. The molecule has 0 saturated heterocycles. The molecule has 3 heterocycles. The predicted molar refractivity (Wildman–Crippen MR) is 134 cm³/mol. The number of benzene rings is 1. The maximum atomic E-state index is 5.97. The Balaban J connectivity index is 1.35. The van der Waals surface area contributed by atoms with Crippen molar-refractivity contribution in [2.24, 2.45) is 0 Å². The average molecular weight is 497 g/mol. The van der Waals surface area contributed by atoms with E-state index in [4.69, 9.17) is 9.15 Å². The molecule has 1 atom stereocenters. The molecule has 0 amide bonds. The summed E-state index contributed by atoms with van der Waals surface area (Å²) in [7, 11) is 1.68. The molecule has 0 spiro atoms. The van der Waals surface area contributed by atoms with Gasteiger partial charge < -0.3 is 19.0 Å². The summed E-state index contributed by atoms with van der Waals surface area (Å²) >= 11 is 3.22. The molecule has 0 radical (unpaired) electrons. The Kier molecular flexibility index (Phi) is 7.15. The van der Waals surface area contributed by atoms with Crippen LogP contribution in [0.1, 0.15) is 62.0 Å². The highest BCUT2D eigenvalue weighted by Gasteiger charge is 2.26. The molecular formula is C24H28N6O2S2. The van der Waals surface area contributed by atoms with Crippen LogP contribution in [0.2, 0.25) is 0 Å². The number of ether oxygens (including phenoxy) is 1. The first-order valence-corrected chi connectivity index (χ1v) is 13.3. The third-order valence-corrected chi connectivity index (χ3v) is 7.90. The van der Waals surface area contributed by atoms with Crippen molar-refractivity contribution in [3.63, 3.8) is 0 Å². The van der Waals surface area contributed by atoms with Crippen LogP contribution in [0.4, 0.5) is 5.69 Å². The summed E-state index contributed by atoms with van der Waals surface area (Å²) in [6, 6.07) is 12.3. The lowest BCUT2D eigenvalue weighted by Crippen LogP contribution is -2.18. The Hall–Kier alpha value is -2.85. The van der Waals surface area contributed by atoms with E-state index in [9.17, 15) is 0 Å². The summed E-state index contributed by atoms with van der Waals surface area (Å²) in [6.07, 6.45) is 6.06. The van der Waals surface area contributed by atoms with E-state index in [0.717, 1.165) is 40.1 Å². The lowest BCUT2D eigenvalue weighted by molar-refractivity contribution is 0.329. The average Bonchev–Trinajstić information content (AvgIpc) is 3.64. The fraction of sp³-hybridized carbons (Fsp3) is 0.417. The molecule has 1 N–H and O–H groups in total. The van der Waals surface area contributed by atoms with Crippen LogP contribution >= 0.6 is 23.1 Å². The normalized spacial score (nSPS) is 15.4. The van der Waals surface area contributed by atoms with Gasteiger partial charge in [0.2, 0.25) is 5.89 Å². The van der Waals surface area contributed by atoms with Crippen molar-refractivity contribution in [1.29, 1.82) is 0 Å². The number of nitrogens with one attached hydrogen (secondary N) is 1. The van der Waals surface area contributed by atoms with Crippen LogP contribution in [0.3, 0.4) is 0 Å². The largest absolute Gasteiger partial charge is 0.497 e. The van der Waals surface area contributed by atoms with Gasteiger partial charge >= 0.3 is 0 Å². The molecule has 0 unspecified atom stereocenters. The number of hydrogen-bond donors (Lipinski definition) is 1. The third kappa shape index (κ3) is 5.12. The van der Waals surface area contributed by atoms with Gasteiger partial charge in [-0.1, -0.05) is 43.2 Å². The first-order valence-electron chi connectivity index (χ1n) is 11.6. The molecule has 0 bridgehead atoms. The van der Waals surface area contributed by atoms with Crippen LogP contribution in [-0.4, -0.2) is 32.1 Å². The van der Waals surface area contributed by atoms with Gasteiger partial charge in [-0.2, -0.15) is 0 Å². The Morgan fingerprint density at radius 1 is 1.15 bits per heavy atom. The molecule has 178 valence electrons. The fourth-order valence-corrected chi connectivity index (χ4v) is 5.85. The maximum absolute atomic E-state index is 5.97. The number of anilines is 1. The fourth-order valence-electron chi connectivity index (χ4n) is 4.24. The number of thiophene rings is 1. The van der Waals surface area contributed by atoms with Gasteiger partial charge in [-0.3, -0.25) is 0 Å². The molecule has 10 heteroatoms. The van der Waals surface area contributed by atoms with Crippen LogP contribution in [-0.2, 0) is 6.54 Å². The minimum Gasteiger partial charge on any atom is -0.497 e. The second-order valence-electron chi connectivity index (χ2n) is 8.33. The number of rotatable bonds is 9. The molecule has 1 aromatic carbocycles. The van der Waals surface area contributed by atoms with Crippen molar-refractivity contribution in [2.75, 3.05) is 12.4 Å². The minimum absolute atomic E-state index is 0.0352. The van der Waals surface area contributed by atoms with Crippen LogP contribution in [0.25, 0.3) is 10.8 Å². The van der Waals surface area contributed by atoms with Gasteiger partial charge in [0.25, 0.3) is 5.89 Å². The molecule has 4 aromatic rings. The highest BCUT2D eigenvalue weighted by atomic mass is 32.2. The summed E-state index contributed by atoms with van der Waals surface area (Å²) in [5.41, 5.74) is 0.993. The van der Waals surface area contributed by atoms with Gasteiger partial charge in [-0.15, -0.1) is 31.7 Å². The van der Waals surface area contributed by atoms with E-state index in [0.29, 0.717) is 24.4 Å². The van der Waals surface area contributed by atoms with Gasteiger partial charge in [0.05, 0.1) is 23.8 Å². The summed E-state index contributed by atoms with van der Waals surface area (Å²) in [6.45, 7) is 2.67. The Morgan fingerprint density at radius 3 is 2.82 bits per heavy atom. The summed E-state index contributed by atoms with van der Waals surface area (Å²) in [5.74, 6) is 2.93. The monoisotopic (exact) mass is 496 g/mol. The number of hydrogen-bond acceptors (Lipinski definition) is 9. The first-order chi connectivity index (χ1) is 16.7. The predicted octanol–water partition coefficient (Wildman–Crippen LogP) is 6.37. The van der Waals surface area contributed by atoms with E-state index in [1.165, 1.54) is 19.3 Å². The Bertz CT molecular complexity index is 1200. The van der Waals surface area contributed by atoms with Gasteiger partial charge in [0.1, 0.15) is 5.75 Å². The van der Waals surface area contributed by atoms with Crippen molar-refractivity contribution in [3.05, 3.63) is 53.5 Å². The van der Waals surface area contributed by atoms with Crippen molar-refractivity contribution in [1.82, 2.24) is 25.0 Å². The van der Waals surface area contributed by atoms with Gasteiger partial charge in [0, 0.05) is 17.8 Å². The van der Waals surface area contributed by atoms with Gasteiger partial charge in [-0.25, -0.2) is 0 Å². The third-order valence-electron chi connectivity index (χ3n) is 6.00. The van der Waals surface area contributed by atoms with Crippen LogP contribution in [0.15, 0.2) is 51.4 Å². The Labute approximate surface area is 207 Å². The van der Waals surface area contributed by atoms with E-state index in [1.54, 1.807) is 30.2 Å². The smallest absolute Gasteiger partial charge is 0.257 e. The van der Waals surface area contributed by atoms with Crippen LogP contribution < -0.4 is 10.1 Å². The van der Waals surface area contributed by atoms with Crippen molar-refractivity contribution >= 4 is 28.8 Å². The maximum Gasteiger partial charge on any atom is 0.257 e. The minimum atomic E-state index is -0.0352. The van der Waals surface area contributed by atoms with Crippen molar-refractivity contribution in [2.45, 2.75) is 62.0 Å². The highest BCUT2D eigenvalue weighted by molar-refractivity contribution is 7.99. The second kappa shape index (κ2) is 10.6. The van der Waals surface area contributed by atoms with E-state index >= 15 is 0 Å². The van der Waals surface area contributed by atoms with Gasteiger partial charge in [0.15, 0.2) is 11.0 Å². The zero-order valence-corrected chi connectivity index (χ0v) is 20.9. The molecule has 5 rings (SSSR count). The lowest BCUT2D eigenvalue weighted by Gasteiger charge is -2.26. The zero-order chi connectivity index (χ0) is 23.3. The number of thioether (sulfide) groups is 1. The summed E-state index contributed by atoms with van der Waals surface area (Å²) in [4.78, 5) is 0.979. The molecule has 1 aliphatic carbocycles. The number of aromatic nitrogens is 5. The van der Waals surface area contributed by atoms with E-state index < -0.39 is 0 Å². The Morgan fingerprint density at radius 2 is 2.03 bits per heavy atom. The molecule has 0 aliphatic heterocycles. The standard InChI is InChI=1S/C24H28N6O2S2/c1-16(22-27-28-23(32-22)20-12-7-13-33-20)34-24-29-26-21(30(24)18-9-4-3-5-10-18)15-25-17-8-6-11-19(14-17)31-2/h6-8,11-14,16,18,25H,3-5,9-10,15H2,1-2H3/t16-/m1/s1. The second-order valence-corrected chi connectivity index (χ2v) is 10.6. The molecule has 1 fully saturated rings. The molecule has 3 aromatic heterocycles. The van der Waals surface area contributed by atoms with Crippen molar-refractivity contribution in [3.8, 4) is 16.5 Å². The highest BCUT2D eigenvalue weighted by Crippen LogP contribution is 2.39. The zero-order valence-electron chi connectivity index (χ0n) is 19.3. The molecular weight excluding hydrogens is 468 g/mol. The van der Waals surface area contributed by atoms with Crippen molar-refractivity contribution < 1.29 is 9.15 Å².